The molecule has 3 aliphatic rings. The lowest BCUT2D eigenvalue weighted by Gasteiger charge is -2.36. The summed E-state index contributed by atoms with van der Waals surface area (Å²) in [6.07, 6.45) is 7.67. The molecule has 3 aliphatic heterocycles. The highest BCUT2D eigenvalue weighted by Gasteiger charge is 2.32. The Morgan fingerprint density at radius 1 is 1.15 bits per heavy atom. The largest absolute Gasteiger partial charge is 0.313 e. The maximum Gasteiger partial charge on any atom is 0.234 e. The zero-order valence-corrected chi connectivity index (χ0v) is 15.4. The number of rotatable bonds is 3. The summed E-state index contributed by atoms with van der Waals surface area (Å²) in [5.41, 5.74) is 3.31. The second-order valence-electron chi connectivity index (χ2n) is 7.30. The van der Waals surface area contributed by atoms with Crippen LogP contribution in [0.25, 0.3) is 17.0 Å². The van der Waals surface area contributed by atoms with Crippen LogP contribution >= 0.6 is 11.6 Å². The Morgan fingerprint density at radius 2 is 2.04 bits per heavy atom. The van der Waals surface area contributed by atoms with Crippen molar-refractivity contribution in [1.82, 2.24) is 24.6 Å². The average molecular weight is 368 g/mol. The summed E-state index contributed by atoms with van der Waals surface area (Å²) in [6, 6.07) is 11.2. The molecule has 6 heteroatoms. The third kappa shape index (κ3) is 2.90. The first-order valence-electron chi connectivity index (χ1n) is 9.33. The predicted molar refractivity (Wildman–Crippen MR) is 103 cm³/mol. The van der Waals surface area contributed by atoms with Gasteiger partial charge >= 0.3 is 0 Å². The normalized spacial score (nSPS) is 23.4. The second-order valence-corrected chi connectivity index (χ2v) is 7.74. The fourth-order valence-corrected chi connectivity index (χ4v) is 4.48. The molecule has 2 aromatic heterocycles. The van der Waals surface area contributed by atoms with Crippen molar-refractivity contribution in [2.24, 2.45) is 0 Å². The predicted octanol–water partition coefficient (Wildman–Crippen LogP) is 3.38. The summed E-state index contributed by atoms with van der Waals surface area (Å²) in [6.45, 7) is 3.14. The van der Waals surface area contributed by atoms with E-state index in [9.17, 15) is 0 Å². The smallest absolute Gasteiger partial charge is 0.234 e. The minimum Gasteiger partial charge on any atom is -0.313 e. The molecule has 0 aliphatic carbocycles. The van der Waals surface area contributed by atoms with E-state index in [0.717, 1.165) is 41.7 Å². The van der Waals surface area contributed by atoms with Crippen LogP contribution in [0.4, 0.5) is 0 Å². The van der Waals surface area contributed by atoms with Gasteiger partial charge in [-0.05, 0) is 44.0 Å². The highest BCUT2D eigenvalue weighted by atomic mass is 35.5. The van der Waals surface area contributed by atoms with Crippen molar-refractivity contribution >= 4 is 17.4 Å². The summed E-state index contributed by atoms with van der Waals surface area (Å²) in [5, 5.41) is 4.42. The van der Waals surface area contributed by atoms with Crippen LogP contribution in [0.1, 0.15) is 25.0 Å². The van der Waals surface area contributed by atoms with Gasteiger partial charge < -0.3 is 5.32 Å². The monoisotopic (exact) mass is 367 g/mol. The van der Waals surface area contributed by atoms with Gasteiger partial charge in [-0.25, -0.2) is 9.97 Å². The van der Waals surface area contributed by atoms with E-state index in [1.165, 1.54) is 25.0 Å². The van der Waals surface area contributed by atoms with Crippen LogP contribution in [0.15, 0.2) is 42.7 Å². The molecule has 0 radical (unpaired) electrons. The fourth-order valence-electron chi connectivity index (χ4n) is 4.36. The van der Waals surface area contributed by atoms with Crippen LogP contribution in [0.2, 0.25) is 5.02 Å². The van der Waals surface area contributed by atoms with Crippen molar-refractivity contribution in [3.63, 3.8) is 0 Å². The molecule has 0 amide bonds. The van der Waals surface area contributed by atoms with Gasteiger partial charge in [0.1, 0.15) is 0 Å². The molecule has 0 spiro atoms. The van der Waals surface area contributed by atoms with Gasteiger partial charge in [0.05, 0.1) is 11.4 Å². The van der Waals surface area contributed by atoms with Crippen LogP contribution in [0.5, 0.6) is 0 Å². The van der Waals surface area contributed by atoms with Gasteiger partial charge in [0, 0.05) is 48.2 Å². The Labute approximate surface area is 158 Å². The Bertz CT molecular complexity index is 916. The van der Waals surface area contributed by atoms with Gasteiger partial charge in [0.2, 0.25) is 5.78 Å². The molecule has 2 unspecified atom stereocenters. The highest BCUT2D eigenvalue weighted by molar-refractivity contribution is 6.30. The van der Waals surface area contributed by atoms with Gasteiger partial charge in [-0.3, -0.25) is 9.30 Å². The van der Waals surface area contributed by atoms with Crippen molar-refractivity contribution in [2.45, 2.75) is 37.9 Å². The van der Waals surface area contributed by atoms with Gasteiger partial charge in [0.15, 0.2) is 0 Å². The van der Waals surface area contributed by atoms with Crippen LogP contribution in [-0.2, 0) is 6.54 Å². The number of hydrogen-bond acceptors (Lipinski definition) is 4. The molecule has 2 bridgehead atoms. The number of benzene rings is 1. The molecule has 134 valence electrons. The van der Waals surface area contributed by atoms with E-state index < -0.39 is 0 Å². The Kier molecular flexibility index (Phi) is 4.15. The third-order valence-corrected chi connectivity index (χ3v) is 5.96. The number of imidazole rings is 1. The van der Waals surface area contributed by atoms with E-state index in [2.05, 4.69) is 25.8 Å². The summed E-state index contributed by atoms with van der Waals surface area (Å²) >= 11 is 6.08. The fraction of sp³-hybridized carbons (Fsp3) is 0.400. The number of halogens is 1. The summed E-state index contributed by atoms with van der Waals surface area (Å²) in [5.74, 6) is 0.755. The Hall–Kier alpha value is -1.95. The SMILES string of the molecule is Clc1ccc(-c2nc3ncccn3c2CN2CC3CCC2CCN3)cc1. The zero-order valence-electron chi connectivity index (χ0n) is 14.6. The van der Waals surface area contributed by atoms with E-state index in [0.29, 0.717) is 12.1 Å². The number of aromatic nitrogens is 3. The van der Waals surface area contributed by atoms with E-state index in [1.54, 1.807) is 6.20 Å². The van der Waals surface area contributed by atoms with Gasteiger partial charge in [-0.15, -0.1) is 0 Å². The van der Waals surface area contributed by atoms with Crippen molar-refractivity contribution in [2.75, 3.05) is 13.1 Å². The number of hydrogen-bond donors (Lipinski definition) is 1. The maximum atomic E-state index is 6.08. The lowest BCUT2D eigenvalue weighted by Crippen LogP contribution is -2.45. The molecular weight excluding hydrogens is 346 g/mol. The molecule has 1 aromatic carbocycles. The Balaban J connectivity index is 1.57. The first-order valence-corrected chi connectivity index (χ1v) is 9.71. The van der Waals surface area contributed by atoms with Crippen molar-refractivity contribution in [3.8, 4) is 11.3 Å². The molecule has 3 fully saturated rings. The molecule has 3 saturated heterocycles. The number of nitrogens with one attached hydrogen (secondary N) is 1. The minimum absolute atomic E-state index is 0.616. The van der Waals surface area contributed by atoms with Crippen LogP contribution in [-0.4, -0.2) is 44.4 Å². The van der Waals surface area contributed by atoms with Crippen LogP contribution in [0, 0.1) is 0 Å². The number of piperidine rings is 1. The zero-order chi connectivity index (χ0) is 17.5. The second kappa shape index (κ2) is 6.65. The molecule has 26 heavy (non-hydrogen) atoms. The number of nitrogens with zero attached hydrogens (tertiary/aromatic N) is 4. The minimum atomic E-state index is 0.616. The van der Waals surface area contributed by atoms with Crippen molar-refractivity contribution in [1.29, 1.82) is 0 Å². The first kappa shape index (κ1) is 16.2. The standard InChI is InChI=1S/C20H22ClN5/c21-15-4-2-14(3-5-15)19-18(26-11-1-9-23-20(26)24-19)13-25-12-16-6-7-17(25)8-10-22-16/h1-5,9,11,16-17,22H,6-8,10,12-13H2. The first-order chi connectivity index (χ1) is 12.8. The summed E-state index contributed by atoms with van der Waals surface area (Å²) < 4.78 is 2.13. The van der Waals surface area contributed by atoms with Gasteiger partial charge in [0.25, 0.3) is 0 Å². The molecule has 5 heterocycles. The number of fused-ring (bicyclic) bond motifs is 5. The van der Waals surface area contributed by atoms with E-state index in [1.807, 2.05) is 30.3 Å². The van der Waals surface area contributed by atoms with Crippen molar-refractivity contribution < 1.29 is 0 Å². The molecular formula is C20H22ClN5. The summed E-state index contributed by atoms with van der Waals surface area (Å²) in [7, 11) is 0. The van der Waals surface area contributed by atoms with Gasteiger partial charge in [-0.2, -0.15) is 0 Å². The Morgan fingerprint density at radius 3 is 2.92 bits per heavy atom. The third-order valence-electron chi connectivity index (χ3n) is 5.70. The lowest BCUT2D eigenvalue weighted by atomic mass is 9.98. The quantitative estimate of drug-likeness (QED) is 0.770. The average Bonchev–Trinajstić information content (AvgIpc) is 2.80. The maximum absolute atomic E-state index is 6.08. The van der Waals surface area contributed by atoms with Crippen LogP contribution in [0.3, 0.4) is 0 Å². The van der Waals surface area contributed by atoms with E-state index >= 15 is 0 Å². The topological polar surface area (TPSA) is 45.5 Å². The van der Waals surface area contributed by atoms with E-state index in [-0.39, 0.29) is 0 Å². The molecule has 2 atom stereocenters. The summed E-state index contributed by atoms with van der Waals surface area (Å²) in [4.78, 5) is 11.9. The molecule has 0 saturated carbocycles. The van der Waals surface area contributed by atoms with Crippen LogP contribution < -0.4 is 5.32 Å². The lowest BCUT2D eigenvalue weighted by molar-refractivity contribution is 0.133. The molecule has 6 rings (SSSR count). The van der Waals surface area contributed by atoms with Gasteiger partial charge in [-0.1, -0.05) is 23.7 Å². The van der Waals surface area contributed by atoms with Crippen molar-refractivity contribution in [3.05, 3.63) is 53.4 Å². The molecule has 5 nitrogen and oxygen atoms in total. The molecule has 1 N–H and O–H groups in total. The molecule has 3 aromatic rings. The highest BCUT2D eigenvalue weighted by Crippen LogP contribution is 2.30. The van der Waals surface area contributed by atoms with E-state index in [4.69, 9.17) is 16.6 Å².